The molecule has 1 unspecified atom stereocenters. The van der Waals surface area contributed by atoms with Gasteiger partial charge in [-0.3, -0.25) is 4.79 Å². The van der Waals surface area contributed by atoms with Gasteiger partial charge in [0.05, 0.1) is 6.54 Å². The molecule has 0 spiro atoms. The van der Waals surface area contributed by atoms with Crippen LogP contribution in [0.3, 0.4) is 0 Å². The Kier molecular flexibility index (Phi) is 7.07. The third-order valence-corrected chi connectivity index (χ3v) is 4.42. The fraction of sp³-hybridized carbons (Fsp3) is 0.409. The number of carbonyl (C=O) groups excluding carboxylic acids is 1. The summed E-state index contributed by atoms with van der Waals surface area (Å²) < 4.78 is 11.6. The van der Waals surface area contributed by atoms with Gasteiger partial charge in [0.25, 0.3) is 5.91 Å². The predicted molar refractivity (Wildman–Crippen MR) is 105 cm³/mol. The molecule has 140 valence electrons. The highest BCUT2D eigenvalue weighted by Gasteiger charge is 2.18. The fourth-order valence-electron chi connectivity index (χ4n) is 2.57. The van der Waals surface area contributed by atoms with Crippen LogP contribution in [0.4, 0.5) is 0 Å². The highest BCUT2D eigenvalue weighted by atomic mass is 16.5. The maximum absolute atomic E-state index is 12.4. The van der Waals surface area contributed by atoms with Gasteiger partial charge in [-0.25, -0.2) is 0 Å². The second-order valence-electron chi connectivity index (χ2n) is 6.67. The van der Waals surface area contributed by atoms with Gasteiger partial charge in [-0.1, -0.05) is 25.1 Å². The van der Waals surface area contributed by atoms with Crippen LogP contribution in [0.15, 0.2) is 36.4 Å². The van der Waals surface area contributed by atoms with E-state index in [2.05, 4.69) is 19.2 Å². The first kappa shape index (κ1) is 19.8. The van der Waals surface area contributed by atoms with Crippen LogP contribution < -0.4 is 14.8 Å². The van der Waals surface area contributed by atoms with Crippen molar-refractivity contribution in [3.05, 3.63) is 58.7 Å². The molecule has 2 aromatic carbocycles. The topological polar surface area (TPSA) is 47.6 Å². The predicted octanol–water partition coefficient (Wildman–Crippen LogP) is 4.27. The van der Waals surface area contributed by atoms with Gasteiger partial charge < -0.3 is 14.8 Å². The summed E-state index contributed by atoms with van der Waals surface area (Å²) in [5.74, 6) is 1.47. The zero-order valence-corrected chi connectivity index (χ0v) is 16.4. The van der Waals surface area contributed by atoms with E-state index in [9.17, 15) is 4.79 Å². The summed E-state index contributed by atoms with van der Waals surface area (Å²) in [5, 5.41) is 2.90. The molecule has 0 saturated heterocycles. The number of aryl methyl sites for hydroxylation is 4. The lowest BCUT2D eigenvalue weighted by molar-refractivity contribution is -0.128. The van der Waals surface area contributed by atoms with Crippen molar-refractivity contribution in [2.45, 2.75) is 47.1 Å². The van der Waals surface area contributed by atoms with Crippen molar-refractivity contribution < 1.29 is 14.3 Å². The minimum atomic E-state index is -0.503. The van der Waals surface area contributed by atoms with Crippen molar-refractivity contribution in [3.8, 4) is 11.5 Å². The first-order valence-corrected chi connectivity index (χ1v) is 9.12. The molecule has 4 heteroatoms. The lowest BCUT2D eigenvalue weighted by Gasteiger charge is -2.19. The van der Waals surface area contributed by atoms with Crippen molar-refractivity contribution in [1.29, 1.82) is 0 Å². The molecule has 0 heterocycles. The molecule has 4 nitrogen and oxygen atoms in total. The number of nitrogens with one attached hydrogen (secondary N) is 1. The molecule has 0 aliphatic carbocycles. The summed E-state index contributed by atoms with van der Waals surface area (Å²) in [6.45, 7) is 10.9. The van der Waals surface area contributed by atoms with Crippen LogP contribution >= 0.6 is 0 Å². The molecule has 0 radical (unpaired) electrons. The molecule has 0 aliphatic heterocycles. The van der Waals surface area contributed by atoms with E-state index in [1.165, 1.54) is 11.1 Å². The first-order valence-electron chi connectivity index (χ1n) is 9.12. The van der Waals surface area contributed by atoms with E-state index in [1.54, 1.807) is 0 Å². The van der Waals surface area contributed by atoms with Gasteiger partial charge in [0.2, 0.25) is 0 Å². The monoisotopic (exact) mass is 355 g/mol. The van der Waals surface area contributed by atoms with Gasteiger partial charge in [0.1, 0.15) is 18.1 Å². The van der Waals surface area contributed by atoms with E-state index in [0.29, 0.717) is 19.6 Å². The molecule has 2 aromatic rings. The van der Waals surface area contributed by atoms with Crippen LogP contribution in [0.2, 0.25) is 0 Å². The summed E-state index contributed by atoms with van der Waals surface area (Å²) in [5.41, 5.74) is 4.57. The molecule has 0 aliphatic rings. The van der Waals surface area contributed by atoms with Crippen LogP contribution in [-0.2, 0) is 4.79 Å². The summed E-state index contributed by atoms with van der Waals surface area (Å²) in [6, 6.07) is 12.0. The van der Waals surface area contributed by atoms with Crippen molar-refractivity contribution in [3.63, 3.8) is 0 Å². The van der Waals surface area contributed by atoms with E-state index in [1.807, 2.05) is 57.2 Å². The maximum Gasteiger partial charge on any atom is 0.261 e. The third kappa shape index (κ3) is 5.51. The molecular weight excluding hydrogens is 326 g/mol. The van der Waals surface area contributed by atoms with E-state index >= 15 is 0 Å². The number of benzene rings is 2. The zero-order valence-electron chi connectivity index (χ0n) is 16.4. The SMILES string of the molecule is CCC(Oc1cc(C)ccc1C)C(=O)NCCOc1ccc(C)c(C)c1. The molecule has 1 N–H and O–H groups in total. The summed E-state index contributed by atoms with van der Waals surface area (Å²) in [4.78, 5) is 12.4. The maximum atomic E-state index is 12.4. The van der Waals surface area contributed by atoms with Crippen LogP contribution in [0.1, 0.15) is 35.6 Å². The normalized spacial score (nSPS) is 11.7. The van der Waals surface area contributed by atoms with Gasteiger partial charge in [-0.15, -0.1) is 0 Å². The van der Waals surface area contributed by atoms with Crippen molar-refractivity contribution in [2.75, 3.05) is 13.2 Å². The minimum absolute atomic E-state index is 0.114. The van der Waals surface area contributed by atoms with E-state index in [0.717, 1.165) is 22.6 Å². The van der Waals surface area contributed by atoms with Crippen LogP contribution in [0.5, 0.6) is 11.5 Å². The first-order chi connectivity index (χ1) is 12.4. The lowest BCUT2D eigenvalue weighted by atomic mass is 10.1. The number of hydrogen-bond donors (Lipinski definition) is 1. The zero-order chi connectivity index (χ0) is 19.1. The minimum Gasteiger partial charge on any atom is -0.492 e. The largest absolute Gasteiger partial charge is 0.492 e. The molecule has 2 rings (SSSR count). The molecular formula is C22H29NO3. The number of carbonyl (C=O) groups is 1. The third-order valence-electron chi connectivity index (χ3n) is 4.42. The summed E-state index contributed by atoms with van der Waals surface area (Å²) in [6.07, 6.45) is 0.106. The number of ether oxygens (including phenoxy) is 2. The van der Waals surface area contributed by atoms with Gasteiger partial charge in [0, 0.05) is 0 Å². The number of hydrogen-bond acceptors (Lipinski definition) is 3. The quantitative estimate of drug-likeness (QED) is 0.719. The molecule has 0 bridgehead atoms. The second-order valence-corrected chi connectivity index (χ2v) is 6.67. The van der Waals surface area contributed by atoms with Crippen LogP contribution in [0.25, 0.3) is 0 Å². The standard InChI is InChI=1S/C22H29NO3/c1-6-20(26-21-13-15(2)7-8-17(21)4)22(24)23-11-12-25-19-10-9-16(3)18(5)14-19/h7-10,13-14,20H,6,11-12H2,1-5H3,(H,23,24). The van der Waals surface area contributed by atoms with Gasteiger partial charge in [-0.2, -0.15) is 0 Å². The Morgan fingerprint density at radius 2 is 1.73 bits per heavy atom. The number of rotatable bonds is 8. The lowest BCUT2D eigenvalue weighted by Crippen LogP contribution is -2.39. The molecule has 1 atom stereocenters. The van der Waals surface area contributed by atoms with Crippen LogP contribution in [-0.4, -0.2) is 25.2 Å². The Morgan fingerprint density at radius 3 is 2.42 bits per heavy atom. The van der Waals surface area contributed by atoms with Gasteiger partial charge in [0.15, 0.2) is 6.10 Å². The Morgan fingerprint density at radius 1 is 1.00 bits per heavy atom. The Labute approximate surface area is 156 Å². The summed E-state index contributed by atoms with van der Waals surface area (Å²) in [7, 11) is 0. The Balaban J connectivity index is 1.83. The van der Waals surface area contributed by atoms with E-state index < -0.39 is 6.10 Å². The molecule has 0 saturated carbocycles. The van der Waals surface area contributed by atoms with Crippen molar-refractivity contribution in [1.82, 2.24) is 5.32 Å². The molecule has 1 amide bonds. The van der Waals surface area contributed by atoms with Gasteiger partial charge in [-0.05, 0) is 74.6 Å². The molecule has 0 aromatic heterocycles. The smallest absolute Gasteiger partial charge is 0.261 e. The fourth-order valence-corrected chi connectivity index (χ4v) is 2.57. The van der Waals surface area contributed by atoms with Crippen molar-refractivity contribution >= 4 is 5.91 Å². The summed E-state index contributed by atoms with van der Waals surface area (Å²) >= 11 is 0. The average Bonchev–Trinajstić information content (AvgIpc) is 2.62. The molecule has 26 heavy (non-hydrogen) atoms. The highest BCUT2D eigenvalue weighted by Crippen LogP contribution is 2.21. The van der Waals surface area contributed by atoms with Gasteiger partial charge >= 0.3 is 0 Å². The Bertz CT molecular complexity index is 755. The second kappa shape index (κ2) is 9.27. The highest BCUT2D eigenvalue weighted by molar-refractivity contribution is 5.81. The van der Waals surface area contributed by atoms with Crippen LogP contribution in [0, 0.1) is 27.7 Å². The Hall–Kier alpha value is -2.49. The van der Waals surface area contributed by atoms with E-state index in [-0.39, 0.29) is 5.91 Å². The number of amides is 1. The van der Waals surface area contributed by atoms with E-state index in [4.69, 9.17) is 9.47 Å². The molecule has 0 fully saturated rings. The average molecular weight is 355 g/mol. The van der Waals surface area contributed by atoms with Crippen molar-refractivity contribution in [2.24, 2.45) is 0 Å².